The molecule has 4 heteroatoms. The number of hydrogen-bond donors (Lipinski definition) is 4. The minimum atomic E-state index is -1.39. The summed E-state index contributed by atoms with van der Waals surface area (Å²) in [6, 6.07) is 0. The van der Waals surface area contributed by atoms with Crippen molar-refractivity contribution >= 4 is 0 Å². The molecule has 86 valence electrons. The van der Waals surface area contributed by atoms with Crippen molar-refractivity contribution in [3.05, 3.63) is 0 Å². The maximum Gasteiger partial charge on any atom is 0.118 e. The summed E-state index contributed by atoms with van der Waals surface area (Å²) in [5.74, 6) is 0. The molecule has 0 spiro atoms. The Labute approximate surface area is 86.3 Å². The van der Waals surface area contributed by atoms with Crippen LogP contribution in [0.15, 0.2) is 0 Å². The minimum Gasteiger partial charge on any atom is -0.394 e. The van der Waals surface area contributed by atoms with Crippen molar-refractivity contribution in [2.24, 2.45) is 16.9 Å². The first-order valence-electron chi connectivity index (χ1n) is 5.09. The Morgan fingerprint density at radius 3 is 1.50 bits per heavy atom. The van der Waals surface area contributed by atoms with Gasteiger partial charge in [-0.1, -0.05) is 13.8 Å². The molecule has 0 heterocycles. The van der Waals surface area contributed by atoms with Crippen molar-refractivity contribution in [2.45, 2.75) is 51.8 Å². The molecule has 0 amide bonds. The Bertz CT molecular complexity index is 181. The van der Waals surface area contributed by atoms with E-state index in [1.165, 1.54) is 0 Å². The van der Waals surface area contributed by atoms with Crippen LogP contribution in [0, 0.1) is 5.41 Å². The SMILES string of the molecule is CCC(CC)(C(C)(N)O)C(C)(N)CO. The predicted octanol–water partition coefficient (Wildman–Crippen LogP) is 0.170. The molecule has 0 fully saturated rings. The summed E-state index contributed by atoms with van der Waals surface area (Å²) in [4.78, 5) is 0. The second kappa shape index (κ2) is 4.14. The number of aliphatic hydroxyl groups is 2. The first-order chi connectivity index (χ1) is 6.18. The fraction of sp³-hybridized carbons (Fsp3) is 1.00. The topological polar surface area (TPSA) is 92.5 Å². The number of nitrogens with two attached hydrogens (primary N) is 2. The Balaban J connectivity index is 5.29. The summed E-state index contributed by atoms with van der Waals surface area (Å²) in [7, 11) is 0. The number of aliphatic hydroxyl groups excluding tert-OH is 1. The molecule has 0 saturated carbocycles. The normalized spacial score (nSPS) is 21.4. The van der Waals surface area contributed by atoms with E-state index in [-0.39, 0.29) is 6.61 Å². The van der Waals surface area contributed by atoms with Crippen molar-refractivity contribution in [1.29, 1.82) is 0 Å². The molecular formula is C10H24N2O2. The van der Waals surface area contributed by atoms with Gasteiger partial charge in [-0.15, -0.1) is 0 Å². The predicted molar refractivity (Wildman–Crippen MR) is 57.5 cm³/mol. The molecule has 0 radical (unpaired) electrons. The standard InChI is InChI=1S/C10H24N2O2/c1-5-10(6-2,9(4,12)14)8(3,11)7-13/h13-14H,5-7,11-12H2,1-4H3. The lowest BCUT2D eigenvalue weighted by Crippen LogP contribution is -2.68. The molecule has 0 aromatic heterocycles. The fourth-order valence-corrected chi connectivity index (χ4v) is 2.50. The molecule has 2 atom stereocenters. The molecule has 0 aliphatic heterocycles. The highest BCUT2D eigenvalue weighted by atomic mass is 16.3. The molecule has 0 aliphatic carbocycles. The average molecular weight is 204 g/mol. The van der Waals surface area contributed by atoms with E-state index < -0.39 is 16.7 Å². The average Bonchev–Trinajstić information content (AvgIpc) is 2.04. The zero-order valence-corrected chi connectivity index (χ0v) is 9.67. The molecular weight excluding hydrogens is 180 g/mol. The van der Waals surface area contributed by atoms with E-state index in [0.717, 1.165) is 0 Å². The van der Waals surface area contributed by atoms with Crippen molar-refractivity contribution in [3.63, 3.8) is 0 Å². The summed E-state index contributed by atoms with van der Waals surface area (Å²) in [6.07, 6.45) is 1.25. The molecule has 0 saturated heterocycles. The monoisotopic (exact) mass is 204 g/mol. The maximum atomic E-state index is 9.98. The smallest absolute Gasteiger partial charge is 0.118 e. The van der Waals surface area contributed by atoms with E-state index in [1.807, 2.05) is 13.8 Å². The molecule has 2 unspecified atom stereocenters. The Kier molecular flexibility index (Phi) is 4.10. The van der Waals surface area contributed by atoms with Crippen LogP contribution in [0.1, 0.15) is 40.5 Å². The third kappa shape index (κ3) is 1.93. The summed E-state index contributed by atoms with van der Waals surface area (Å²) in [6.45, 7) is 6.92. The molecule has 0 aliphatic rings. The number of rotatable bonds is 5. The molecule has 0 rings (SSSR count). The van der Waals surface area contributed by atoms with E-state index >= 15 is 0 Å². The summed E-state index contributed by atoms with van der Waals surface area (Å²) < 4.78 is 0. The quantitative estimate of drug-likeness (QED) is 0.480. The summed E-state index contributed by atoms with van der Waals surface area (Å²) in [5, 5.41) is 19.2. The largest absolute Gasteiger partial charge is 0.394 e. The van der Waals surface area contributed by atoms with Crippen molar-refractivity contribution in [3.8, 4) is 0 Å². The van der Waals surface area contributed by atoms with Gasteiger partial charge in [0.25, 0.3) is 0 Å². The van der Waals surface area contributed by atoms with Gasteiger partial charge in [-0.3, -0.25) is 0 Å². The highest BCUT2D eigenvalue weighted by Crippen LogP contribution is 2.43. The van der Waals surface area contributed by atoms with Crippen LogP contribution in [0.3, 0.4) is 0 Å². The van der Waals surface area contributed by atoms with E-state index in [9.17, 15) is 10.2 Å². The van der Waals surface area contributed by atoms with Crippen LogP contribution in [0.4, 0.5) is 0 Å². The van der Waals surface area contributed by atoms with Gasteiger partial charge in [0.1, 0.15) is 5.72 Å². The van der Waals surface area contributed by atoms with Gasteiger partial charge in [-0.05, 0) is 26.7 Å². The van der Waals surface area contributed by atoms with Gasteiger partial charge in [0.05, 0.1) is 6.61 Å². The Hall–Kier alpha value is -0.160. The van der Waals surface area contributed by atoms with Crippen LogP contribution < -0.4 is 11.5 Å². The van der Waals surface area contributed by atoms with Crippen molar-refractivity contribution in [2.75, 3.05) is 6.61 Å². The fourth-order valence-electron chi connectivity index (χ4n) is 2.50. The molecule has 4 nitrogen and oxygen atoms in total. The molecule has 0 aromatic carbocycles. The van der Waals surface area contributed by atoms with Gasteiger partial charge in [-0.25, -0.2) is 0 Å². The van der Waals surface area contributed by atoms with Gasteiger partial charge in [0.15, 0.2) is 0 Å². The lowest BCUT2D eigenvalue weighted by atomic mass is 9.61. The highest BCUT2D eigenvalue weighted by Gasteiger charge is 2.52. The molecule has 6 N–H and O–H groups in total. The Morgan fingerprint density at radius 2 is 1.43 bits per heavy atom. The van der Waals surface area contributed by atoms with Crippen LogP contribution in [0.25, 0.3) is 0 Å². The van der Waals surface area contributed by atoms with Gasteiger partial charge in [0.2, 0.25) is 0 Å². The molecule has 0 bridgehead atoms. The van der Waals surface area contributed by atoms with Crippen LogP contribution >= 0.6 is 0 Å². The number of hydrogen-bond acceptors (Lipinski definition) is 4. The zero-order valence-electron chi connectivity index (χ0n) is 9.67. The second-order valence-corrected chi connectivity index (χ2v) is 4.51. The van der Waals surface area contributed by atoms with Crippen molar-refractivity contribution < 1.29 is 10.2 Å². The molecule has 14 heavy (non-hydrogen) atoms. The van der Waals surface area contributed by atoms with Gasteiger partial charge < -0.3 is 21.7 Å². The van der Waals surface area contributed by atoms with Crippen LogP contribution in [0.2, 0.25) is 0 Å². The zero-order chi connectivity index (χ0) is 11.6. The Morgan fingerprint density at radius 1 is 1.07 bits per heavy atom. The van der Waals surface area contributed by atoms with Crippen molar-refractivity contribution in [1.82, 2.24) is 0 Å². The van der Waals surface area contributed by atoms with E-state index in [1.54, 1.807) is 13.8 Å². The lowest BCUT2D eigenvalue weighted by Gasteiger charge is -2.51. The van der Waals surface area contributed by atoms with Crippen LogP contribution in [-0.2, 0) is 0 Å². The van der Waals surface area contributed by atoms with Gasteiger partial charge >= 0.3 is 0 Å². The highest BCUT2D eigenvalue weighted by molar-refractivity contribution is 5.05. The first-order valence-corrected chi connectivity index (χ1v) is 5.09. The van der Waals surface area contributed by atoms with E-state index in [2.05, 4.69) is 0 Å². The second-order valence-electron chi connectivity index (χ2n) is 4.51. The van der Waals surface area contributed by atoms with E-state index in [0.29, 0.717) is 12.8 Å². The summed E-state index contributed by atoms with van der Waals surface area (Å²) >= 11 is 0. The van der Waals surface area contributed by atoms with Gasteiger partial charge in [-0.2, -0.15) is 0 Å². The first kappa shape index (κ1) is 13.8. The van der Waals surface area contributed by atoms with Crippen LogP contribution in [-0.4, -0.2) is 28.1 Å². The minimum absolute atomic E-state index is 0.192. The van der Waals surface area contributed by atoms with Crippen LogP contribution in [0.5, 0.6) is 0 Å². The third-order valence-electron chi connectivity index (χ3n) is 3.60. The molecule has 0 aromatic rings. The van der Waals surface area contributed by atoms with Gasteiger partial charge in [0, 0.05) is 11.0 Å². The maximum absolute atomic E-state index is 9.98. The summed E-state index contributed by atoms with van der Waals surface area (Å²) in [5.41, 5.74) is 8.84. The third-order valence-corrected chi connectivity index (χ3v) is 3.60. The lowest BCUT2D eigenvalue weighted by molar-refractivity contribution is -0.122. The van der Waals surface area contributed by atoms with E-state index in [4.69, 9.17) is 11.5 Å².